The molecule has 5 nitrogen and oxygen atoms in total. The summed E-state index contributed by atoms with van der Waals surface area (Å²) in [5, 5.41) is 0. The van der Waals surface area contributed by atoms with Crippen molar-refractivity contribution in [3.63, 3.8) is 0 Å². The SMILES string of the molecule is CS(=O)(=O)c1ccccc1I.O=C1CC(=O)c2cc(F)ccc2O1. The van der Waals surface area contributed by atoms with E-state index in [9.17, 15) is 22.4 Å². The van der Waals surface area contributed by atoms with Crippen LogP contribution in [0.1, 0.15) is 16.8 Å². The molecule has 1 aliphatic rings. The summed E-state index contributed by atoms with van der Waals surface area (Å²) < 4.78 is 40.3. The molecule has 3 rings (SSSR count). The van der Waals surface area contributed by atoms with Gasteiger partial charge in [-0.15, -0.1) is 0 Å². The van der Waals surface area contributed by atoms with Crippen LogP contribution in [0.3, 0.4) is 0 Å². The van der Waals surface area contributed by atoms with E-state index in [4.69, 9.17) is 4.74 Å². The number of carbonyl (C=O) groups is 2. The van der Waals surface area contributed by atoms with E-state index in [0.717, 1.165) is 15.7 Å². The van der Waals surface area contributed by atoms with Crippen LogP contribution >= 0.6 is 22.6 Å². The third-order valence-electron chi connectivity index (χ3n) is 3.01. The minimum atomic E-state index is -3.04. The quantitative estimate of drug-likeness (QED) is 0.282. The number of halogens is 2. The van der Waals surface area contributed by atoms with Crippen LogP contribution in [-0.2, 0) is 14.6 Å². The Morgan fingerprint density at radius 1 is 1.12 bits per heavy atom. The predicted molar refractivity (Wildman–Crippen MR) is 93.3 cm³/mol. The summed E-state index contributed by atoms with van der Waals surface area (Å²) in [5.74, 6) is -1.36. The highest BCUT2D eigenvalue weighted by atomic mass is 127. The molecule has 0 amide bonds. The average Bonchev–Trinajstić information content (AvgIpc) is 2.48. The lowest BCUT2D eigenvalue weighted by molar-refractivity contribution is -0.133. The Bertz CT molecular complexity index is 908. The molecule has 1 aliphatic heterocycles. The van der Waals surface area contributed by atoms with Crippen molar-refractivity contribution in [2.75, 3.05) is 6.26 Å². The summed E-state index contributed by atoms with van der Waals surface area (Å²) in [6.45, 7) is 0. The third-order valence-corrected chi connectivity index (χ3v) is 5.47. The van der Waals surface area contributed by atoms with Gasteiger partial charge in [-0.1, -0.05) is 12.1 Å². The van der Waals surface area contributed by atoms with Gasteiger partial charge in [0, 0.05) is 9.83 Å². The number of hydrogen-bond donors (Lipinski definition) is 0. The minimum Gasteiger partial charge on any atom is -0.425 e. The van der Waals surface area contributed by atoms with Gasteiger partial charge in [-0.25, -0.2) is 12.8 Å². The van der Waals surface area contributed by atoms with Crippen LogP contribution in [0.4, 0.5) is 4.39 Å². The number of benzene rings is 2. The predicted octanol–water partition coefficient (Wildman–Crippen LogP) is 3.01. The molecule has 0 aliphatic carbocycles. The zero-order valence-corrected chi connectivity index (χ0v) is 15.4. The number of fused-ring (bicyclic) bond motifs is 1. The number of sulfone groups is 1. The van der Waals surface area contributed by atoms with E-state index < -0.39 is 27.4 Å². The summed E-state index contributed by atoms with van der Waals surface area (Å²) in [7, 11) is -3.04. The van der Waals surface area contributed by atoms with Crippen LogP contribution in [0.25, 0.3) is 0 Å². The Kier molecular flexibility index (Phi) is 5.70. The highest BCUT2D eigenvalue weighted by Gasteiger charge is 2.24. The van der Waals surface area contributed by atoms with Gasteiger partial charge >= 0.3 is 5.97 Å². The van der Waals surface area contributed by atoms with E-state index in [1.54, 1.807) is 18.2 Å². The molecule has 0 atom stereocenters. The molecule has 0 aromatic heterocycles. The van der Waals surface area contributed by atoms with Crippen molar-refractivity contribution < 1.29 is 27.1 Å². The molecule has 0 saturated heterocycles. The fraction of sp³-hybridized carbons (Fsp3) is 0.125. The molecule has 0 radical (unpaired) electrons. The van der Waals surface area contributed by atoms with Crippen LogP contribution in [0.2, 0.25) is 0 Å². The van der Waals surface area contributed by atoms with Crippen LogP contribution in [0.5, 0.6) is 5.75 Å². The maximum Gasteiger partial charge on any atom is 0.319 e. The molecule has 0 N–H and O–H groups in total. The van der Waals surface area contributed by atoms with Gasteiger partial charge in [0.05, 0.1) is 10.5 Å². The second kappa shape index (κ2) is 7.39. The summed E-state index contributed by atoms with van der Waals surface area (Å²) in [6.07, 6.45) is 0.904. The van der Waals surface area contributed by atoms with Gasteiger partial charge < -0.3 is 4.74 Å². The molecule has 0 spiro atoms. The van der Waals surface area contributed by atoms with Crippen molar-refractivity contribution in [3.05, 3.63) is 57.4 Å². The van der Waals surface area contributed by atoms with E-state index in [0.29, 0.717) is 4.90 Å². The van der Waals surface area contributed by atoms with E-state index in [1.807, 2.05) is 28.7 Å². The zero-order chi connectivity index (χ0) is 17.9. The largest absolute Gasteiger partial charge is 0.425 e. The Balaban J connectivity index is 0.000000177. The minimum absolute atomic E-state index is 0.139. The first-order valence-electron chi connectivity index (χ1n) is 6.66. The first-order chi connectivity index (χ1) is 11.2. The average molecular weight is 462 g/mol. The molecule has 8 heteroatoms. The number of esters is 1. The summed E-state index contributed by atoms with van der Waals surface area (Å²) in [4.78, 5) is 22.4. The van der Waals surface area contributed by atoms with Crippen molar-refractivity contribution >= 4 is 44.2 Å². The van der Waals surface area contributed by atoms with Gasteiger partial charge in [0.1, 0.15) is 18.0 Å². The number of Topliss-reactive ketones (excluding diaryl/α,β-unsaturated/α-hetero) is 1. The van der Waals surface area contributed by atoms with Gasteiger partial charge in [-0.05, 0) is 52.9 Å². The van der Waals surface area contributed by atoms with Crippen molar-refractivity contribution in [1.82, 2.24) is 0 Å². The maximum atomic E-state index is 12.7. The Labute approximate surface area is 151 Å². The van der Waals surface area contributed by atoms with Gasteiger partial charge in [0.15, 0.2) is 15.6 Å². The molecule has 0 bridgehead atoms. The van der Waals surface area contributed by atoms with E-state index in [-0.39, 0.29) is 17.7 Å². The maximum absolute atomic E-state index is 12.7. The number of ketones is 1. The van der Waals surface area contributed by atoms with Gasteiger partial charge in [-0.3, -0.25) is 9.59 Å². The standard InChI is InChI=1S/C9H5FO3.C7H7IO2S/c10-5-1-2-8-6(3-5)7(11)4-9(12)13-8;1-11(9,10)7-5-3-2-4-6(7)8/h1-3H,4H2;2-5H,1H3. The normalized spacial score (nSPS) is 13.5. The monoisotopic (exact) mass is 462 g/mol. The molecule has 0 fully saturated rings. The Hall–Kier alpha value is -1.81. The van der Waals surface area contributed by atoms with Gasteiger partial charge in [0.2, 0.25) is 0 Å². The molecular formula is C16H12FIO5S. The second-order valence-electron chi connectivity index (χ2n) is 4.92. The lowest BCUT2D eigenvalue weighted by atomic mass is 10.0. The number of rotatable bonds is 1. The van der Waals surface area contributed by atoms with E-state index in [1.165, 1.54) is 12.3 Å². The first kappa shape index (κ1) is 18.5. The second-order valence-corrected chi connectivity index (χ2v) is 8.06. The van der Waals surface area contributed by atoms with Crippen LogP contribution in [0.15, 0.2) is 47.4 Å². The topological polar surface area (TPSA) is 77.5 Å². The smallest absolute Gasteiger partial charge is 0.319 e. The fourth-order valence-electron chi connectivity index (χ4n) is 1.94. The highest BCUT2D eigenvalue weighted by molar-refractivity contribution is 14.1. The molecule has 2 aromatic rings. The Morgan fingerprint density at radius 3 is 2.38 bits per heavy atom. The third kappa shape index (κ3) is 4.60. The van der Waals surface area contributed by atoms with Crippen LogP contribution in [-0.4, -0.2) is 26.4 Å². The molecular weight excluding hydrogens is 450 g/mol. The molecule has 0 saturated carbocycles. The van der Waals surface area contributed by atoms with Crippen molar-refractivity contribution in [2.24, 2.45) is 0 Å². The lowest BCUT2D eigenvalue weighted by Crippen LogP contribution is -2.21. The fourth-order valence-corrected chi connectivity index (χ4v) is 4.27. The van der Waals surface area contributed by atoms with Crippen molar-refractivity contribution in [2.45, 2.75) is 11.3 Å². The highest BCUT2D eigenvalue weighted by Crippen LogP contribution is 2.25. The first-order valence-corrected chi connectivity index (χ1v) is 9.63. The zero-order valence-electron chi connectivity index (χ0n) is 12.5. The Morgan fingerprint density at radius 2 is 1.79 bits per heavy atom. The number of carbonyl (C=O) groups excluding carboxylic acids is 2. The molecule has 1 heterocycles. The van der Waals surface area contributed by atoms with Crippen molar-refractivity contribution in [3.8, 4) is 5.75 Å². The van der Waals surface area contributed by atoms with Crippen LogP contribution in [0, 0.1) is 9.39 Å². The molecule has 126 valence electrons. The lowest BCUT2D eigenvalue weighted by Gasteiger charge is -2.13. The summed E-state index contributed by atoms with van der Waals surface area (Å²) >= 11 is 2.01. The molecule has 0 unspecified atom stereocenters. The van der Waals surface area contributed by atoms with Crippen LogP contribution < -0.4 is 4.74 Å². The van der Waals surface area contributed by atoms with Gasteiger partial charge in [-0.2, -0.15) is 0 Å². The summed E-state index contributed by atoms with van der Waals surface area (Å²) in [5.41, 5.74) is 0.139. The molecule has 2 aromatic carbocycles. The molecule has 24 heavy (non-hydrogen) atoms. The number of hydrogen-bond acceptors (Lipinski definition) is 5. The van der Waals surface area contributed by atoms with E-state index >= 15 is 0 Å². The van der Waals surface area contributed by atoms with Gasteiger partial charge in [0.25, 0.3) is 0 Å². The van der Waals surface area contributed by atoms with Crippen molar-refractivity contribution in [1.29, 1.82) is 0 Å². The number of ether oxygens (including phenoxy) is 1. The van der Waals surface area contributed by atoms with E-state index in [2.05, 4.69) is 0 Å². The summed E-state index contributed by atoms with van der Waals surface area (Å²) in [6, 6.07) is 10.4.